The van der Waals surface area contributed by atoms with Gasteiger partial charge in [0.15, 0.2) is 0 Å². The van der Waals surface area contributed by atoms with Crippen LogP contribution in [0.4, 0.5) is 0 Å². The molecule has 2 heterocycles. The molecule has 2 rings (SSSR count). The Labute approximate surface area is 117 Å². The average Bonchev–Trinajstić information content (AvgIpc) is 2.47. The van der Waals surface area contributed by atoms with Gasteiger partial charge in [0, 0.05) is 30.6 Å². The molecule has 0 N–H and O–H groups in total. The van der Waals surface area contributed by atoms with Crippen LogP contribution >= 0.6 is 11.6 Å². The number of aromatic nitrogens is 2. The van der Waals surface area contributed by atoms with E-state index in [1.54, 1.807) is 24.8 Å². The van der Waals surface area contributed by atoms with Gasteiger partial charge in [-0.15, -0.1) is 11.6 Å². The highest BCUT2D eigenvalue weighted by molar-refractivity contribution is 6.19. The smallest absolute Gasteiger partial charge is 0.138 e. The number of pyridine rings is 2. The van der Waals surface area contributed by atoms with Crippen LogP contribution in [0.1, 0.15) is 11.1 Å². The standard InChI is InChI=1S/C15H13ClN2O/c16-6-1-2-14-10-15(12-18-11-14)19-9-5-13-3-7-17-8-4-13/h3-4,7-8,10-12H,5-6,9H2. The molecule has 0 aromatic carbocycles. The van der Waals surface area contributed by atoms with Gasteiger partial charge in [-0.05, 0) is 23.8 Å². The molecule has 0 spiro atoms. The summed E-state index contributed by atoms with van der Waals surface area (Å²) in [5.74, 6) is 6.73. The molecule has 0 saturated heterocycles. The maximum atomic E-state index is 5.65. The third-order valence-corrected chi connectivity index (χ3v) is 2.56. The van der Waals surface area contributed by atoms with Crippen molar-refractivity contribution in [2.45, 2.75) is 6.42 Å². The van der Waals surface area contributed by atoms with Crippen molar-refractivity contribution in [2.75, 3.05) is 12.5 Å². The number of rotatable bonds is 4. The number of ether oxygens (including phenoxy) is 1. The van der Waals surface area contributed by atoms with Crippen LogP contribution < -0.4 is 4.74 Å². The van der Waals surface area contributed by atoms with Crippen molar-refractivity contribution < 1.29 is 4.74 Å². The maximum absolute atomic E-state index is 5.65. The monoisotopic (exact) mass is 272 g/mol. The van der Waals surface area contributed by atoms with Crippen molar-refractivity contribution in [1.29, 1.82) is 0 Å². The van der Waals surface area contributed by atoms with E-state index in [4.69, 9.17) is 16.3 Å². The van der Waals surface area contributed by atoms with E-state index >= 15 is 0 Å². The average molecular weight is 273 g/mol. The molecule has 0 bridgehead atoms. The molecule has 0 fully saturated rings. The lowest BCUT2D eigenvalue weighted by Crippen LogP contribution is -2.01. The molecular weight excluding hydrogens is 260 g/mol. The molecular formula is C15H13ClN2O. The third kappa shape index (κ3) is 4.61. The second-order valence-electron chi connectivity index (χ2n) is 3.80. The Balaban J connectivity index is 1.89. The summed E-state index contributed by atoms with van der Waals surface area (Å²) in [5, 5.41) is 0. The molecule has 0 unspecified atom stereocenters. The van der Waals surface area contributed by atoms with Gasteiger partial charge in [0.25, 0.3) is 0 Å². The van der Waals surface area contributed by atoms with Crippen molar-refractivity contribution >= 4 is 11.6 Å². The first kappa shape index (κ1) is 13.4. The molecule has 0 saturated carbocycles. The summed E-state index contributed by atoms with van der Waals surface area (Å²) < 4.78 is 5.65. The van der Waals surface area contributed by atoms with Crippen LogP contribution in [0.3, 0.4) is 0 Å². The van der Waals surface area contributed by atoms with Gasteiger partial charge in [0.05, 0.1) is 18.7 Å². The minimum absolute atomic E-state index is 0.313. The summed E-state index contributed by atoms with van der Waals surface area (Å²) in [6, 6.07) is 5.81. The van der Waals surface area contributed by atoms with Crippen LogP contribution in [0.2, 0.25) is 0 Å². The highest BCUT2D eigenvalue weighted by atomic mass is 35.5. The Morgan fingerprint density at radius 1 is 1.16 bits per heavy atom. The maximum Gasteiger partial charge on any atom is 0.138 e. The van der Waals surface area contributed by atoms with Gasteiger partial charge >= 0.3 is 0 Å². The summed E-state index contributed by atoms with van der Waals surface area (Å²) in [7, 11) is 0. The van der Waals surface area contributed by atoms with Gasteiger partial charge in [0.2, 0.25) is 0 Å². The Bertz CT molecular complexity index is 575. The molecule has 2 aromatic rings. The van der Waals surface area contributed by atoms with Crippen molar-refractivity contribution in [3.63, 3.8) is 0 Å². The fourth-order valence-corrected chi connectivity index (χ4v) is 1.60. The first-order valence-electron chi connectivity index (χ1n) is 5.90. The van der Waals surface area contributed by atoms with Gasteiger partial charge in [-0.3, -0.25) is 9.97 Å². The van der Waals surface area contributed by atoms with E-state index in [0.29, 0.717) is 12.5 Å². The predicted octanol–water partition coefficient (Wildman–Crippen LogP) is 2.69. The summed E-state index contributed by atoms with van der Waals surface area (Å²) in [4.78, 5) is 8.06. The van der Waals surface area contributed by atoms with Gasteiger partial charge < -0.3 is 4.74 Å². The van der Waals surface area contributed by atoms with E-state index in [0.717, 1.165) is 17.7 Å². The molecule has 0 amide bonds. The topological polar surface area (TPSA) is 35.0 Å². The molecule has 0 radical (unpaired) electrons. The molecule has 4 heteroatoms. The Morgan fingerprint density at radius 3 is 2.79 bits per heavy atom. The second kappa shape index (κ2) is 7.40. The van der Waals surface area contributed by atoms with E-state index in [2.05, 4.69) is 21.8 Å². The first-order valence-corrected chi connectivity index (χ1v) is 6.43. The van der Waals surface area contributed by atoms with Crippen LogP contribution in [0.15, 0.2) is 43.0 Å². The molecule has 0 aliphatic rings. The van der Waals surface area contributed by atoms with E-state index in [1.807, 2.05) is 18.2 Å². The van der Waals surface area contributed by atoms with Gasteiger partial charge in [-0.25, -0.2) is 0 Å². The van der Waals surface area contributed by atoms with E-state index in [9.17, 15) is 0 Å². The van der Waals surface area contributed by atoms with E-state index in [-0.39, 0.29) is 0 Å². The Hall–Kier alpha value is -2.05. The van der Waals surface area contributed by atoms with Crippen LogP contribution in [0, 0.1) is 11.8 Å². The largest absolute Gasteiger partial charge is 0.492 e. The highest BCUT2D eigenvalue weighted by Gasteiger charge is 1.97. The molecule has 3 nitrogen and oxygen atoms in total. The Kier molecular flexibility index (Phi) is 5.21. The van der Waals surface area contributed by atoms with Crippen LogP contribution in [-0.4, -0.2) is 22.5 Å². The molecule has 0 atom stereocenters. The molecule has 0 aliphatic carbocycles. The number of alkyl halides is 1. The number of hydrogen-bond donors (Lipinski definition) is 0. The van der Waals surface area contributed by atoms with Crippen molar-refractivity contribution in [2.24, 2.45) is 0 Å². The van der Waals surface area contributed by atoms with Gasteiger partial charge in [0.1, 0.15) is 5.75 Å². The minimum atomic E-state index is 0.313. The first-order chi connectivity index (χ1) is 9.38. The van der Waals surface area contributed by atoms with Crippen molar-refractivity contribution in [1.82, 2.24) is 9.97 Å². The number of hydrogen-bond acceptors (Lipinski definition) is 3. The zero-order valence-electron chi connectivity index (χ0n) is 10.3. The zero-order valence-corrected chi connectivity index (χ0v) is 11.1. The fraction of sp³-hybridized carbons (Fsp3) is 0.200. The molecule has 19 heavy (non-hydrogen) atoms. The fourth-order valence-electron chi connectivity index (χ4n) is 1.54. The van der Waals surface area contributed by atoms with E-state index in [1.165, 1.54) is 5.56 Å². The molecule has 2 aromatic heterocycles. The lowest BCUT2D eigenvalue weighted by atomic mass is 10.2. The summed E-state index contributed by atoms with van der Waals surface area (Å²) in [6.45, 7) is 0.595. The van der Waals surface area contributed by atoms with Crippen LogP contribution in [-0.2, 0) is 6.42 Å². The number of nitrogens with zero attached hydrogens (tertiary/aromatic N) is 2. The van der Waals surface area contributed by atoms with E-state index < -0.39 is 0 Å². The molecule has 96 valence electrons. The summed E-state index contributed by atoms with van der Waals surface area (Å²) in [5.41, 5.74) is 2.00. The third-order valence-electron chi connectivity index (χ3n) is 2.42. The normalized spacial score (nSPS) is 9.53. The minimum Gasteiger partial charge on any atom is -0.492 e. The van der Waals surface area contributed by atoms with Crippen molar-refractivity contribution in [3.8, 4) is 17.6 Å². The summed E-state index contributed by atoms with van der Waals surface area (Å²) >= 11 is 5.51. The quantitative estimate of drug-likeness (QED) is 0.634. The highest BCUT2D eigenvalue weighted by Crippen LogP contribution is 2.11. The zero-order chi connectivity index (χ0) is 13.3. The number of halogens is 1. The second-order valence-corrected chi connectivity index (χ2v) is 4.07. The Morgan fingerprint density at radius 2 is 2.00 bits per heavy atom. The van der Waals surface area contributed by atoms with Gasteiger partial charge in [-0.2, -0.15) is 0 Å². The lowest BCUT2D eigenvalue weighted by molar-refractivity contribution is 0.320. The van der Waals surface area contributed by atoms with Crippen molar-refractivity contribution in [3.05, 3.63) is 54.1 Å². The van der Waals surface area contributed by atoms with Gasteiger partial charge in [-0.1, -0.05) is 11.8 Å². The van der Waals surface area contributed by atoms with Crippen LogP contribution in [0.25, 0.3) is 0 Å². The summed E-state index contributed by atoms with van der Waals surface area (Å²) in [6.07, 6.45) is 7.76. The SMILES string of the molecule is ClCC#Cc1cncc(OCCc2ccncc2)c1. The lowest BCUT2D eigenvalue weighted by Gasteiger charge is -2.05. The molecule has 0 aliphatic heterocycles. The predicted molar refractivity (Wildman–Crippen MR) is 75.3 cm³/mol. The van der Waals surface area contributed by atoms with Crippen LogP contribution in [0.5, 0.6) is 5.75 Å².